The molecular formula is C22H19ClF3NO. The molecule has 1 N–H and O–H groups in total. The molecule has 2 aromatic carbocycles. The standard InChI is InChI=1S/C22H19ClF3NO/c1-14-13-15(10-11-19(14)23)17-8-5-6-12-21(17,2)27-20(28)16-7-3-4-9-18(16)22(24,25)26/h3-11,13H,12H2,1-2H3,(H,27,28). The van der Waals surface area contributed by atoms with Crippen molar-refractivity contribution in [2.75, 3.05) is 0 Å². The maximum atomic E-state index is 13.3. The number of carbonyl (C=O) groups excluding carboxylic acids is 1. The number of amides is 1. The van der Waals surface area contributed by atoms with Crippen molar-refractivity contribution in [3.05, 3.63) is 88.0 Å². The van der Waals surface area contributed by atoms with E-state index in [1.54, 1.807) is 13.0 Å². The summed E-state index contributed by atoms with van der Waals surface area (Å²) in [7, 11) is 0. The van der Waals surface area contributed by atoms with Gasteiger partial charge in [0.1, 0.15) is 0 Å². The zero-order valence-corrected chi connectivity index (χ0v) is 16.2. The van der Waals surface area contributed by atoms with Crippen molar-refractivity contribution in [2.24, 2.45) is 0 Å². The molecule has 0 bridgehead atoms. The number of hydrogen-bond donors (Lipinski definition) is 1. The first kappa shape index (κ1) is 20.2. The second kappa shape index (κ2) is 7.47. The Bertz CT molecular complexity index is 978. The first-order valence-electron chi connectivity index (χ1n) is 8.74. The number of allylic oxidation sites excluding steroid dienone is 2. The SMILES string of the molecule is Cc1cc(C2=CC=CCC2(C)NC(=O)c2ccccc2C(F)(F)F)ccc1Cl. The van der Waals surface area contributed by atoms with Gasteiger partial charge in [-0.25, -0.2) is 0 Å². The van der Waals surface area contributed by atoms with Crippen molar-refractivity contribution < 1.29 is 18.0 Å². The predicted octanol–water partition coefficient (Wildman–Crippen LogP) is 6.20. The summed E-state index contributed by atoms with van der Waals surface area (Å²) in [5.74, 6) is -0.762. The third-order valence-corrected chi connectivity index (χ3v) is 5.28. The van der Waals surface area contributed by atoms with E-state index in [4.69, 9.17) is 11.6 Å². The molecule has 0 radical (unpaired) electrons. The summed E-state index contributed by atoms with van der Waals surface area (Å²) in [6.07, 6.45) is 1.47. The molecule has 0 saturated heterocycles. The van der Waals surface area contributed by atoms with Gasteiger partial charge in [0.25, 0.3) is 5.91 Å². The topological polar surface area (TPSA) is 29.1 Å². The summed E-state index contributed by atoms with van der Waals surface area (Å²) in [6.45, 7) is 3.68. The van der Waals surface area contributed by atoms with Gasteiger partial charge in [-0.2, -0.15) is 13.2 Å². The largest absolute Gasteiger partial charge is 0.417 e. The first-order valence-corrected chi connectivity index (χ1v) is 9.12. The number of nitrogens with one attached hydrogen (secondary N) is 1. The van der Waals surface area contributed by atoms with Gasteiger partial charge in [-0.3, -0.25) is 4.79 Å². The van der Waals surface area contributed by atoms with Crippen LogP contribution < -0.4 is 5.32 Å². The number of aryl methyl sites for hydroxylation is 1. The van der Waals surface area contributed by atoms with E-state index >= 15 is 0 Å². The molecular weight excluding hydrogens is 387 g/mol. The van der Waals surface area contributed by atoms with Gasteiger partial charge in [0.05, 0.1) is 16.7 Å². The van der Waals surface area contributed by atoms with Crippen LogP contribution in [-0.2, 0) is 6.18 Å². The highest BCUT2D eigenvalue weighted by Crippen LogP contribution is 2.36. The fourth-order valence-electron chi connectivity index (χ4n) is 3.35. The fraction of sp³-hybridized carbons (Fsp3) is 0.227. The van der Waals surface area contributed by atoms with E-state index in [1.807, 2.05) is 37.3 Å². The van der Waals surface area contributed by atoms with Gasteiger partial charge in [-0.1, -0.05) is 54.1 Å². The van der Waals surface area contributed by atoms with Crippen LogP contribution in [-0.4, -0.2) is 11.4 Å². The summed E-state index contributed by atoms with van der Waals surface area (Å²) in [6, 6.07) is 10.3. The number of halogens is 4. The number of benzene rings is 2. The van der Waals surface area contributed by atoms with E-state index in [-0.39, 0.29) is 0 Å². The highest BCUT2D eigenvalue weighted by molar-refractivity contribution is 6.31. The van der Waals surface area contributed by atoms with Gasteiger partial charge in [-0.05, 0) is 55.2 Å². The second-order valence-corrected chi connectivity index (χ2v) is 7.41. The smallest absolute Gasteiger partial charge is 0.342 e. The van der Waals surface area contributed by atoms with Crippen molar-refractivity contribution in [2.45, 2.75) is 32.0 Å². The zero-order chi connectivity index (χ0) is 20.5. The van der Waals surface area contributed by atoms with Gasteiger partial charge < -0.3 is 5.32 Å². The van der Waals surface area contributed by atoms with Crippen molar-refractivity contribution in [3.63, 3.8) is 0 Å². The molecule has 2 nitrogen and oxygen atoms in total. The maximum absolute atomic E-state index is 13.3. The molecule has 1 atom stereocenters. The minimum absolute atomic E-state index is 0.391. The quantitative estimate of drug-likeness (QED) is 0.647. The van der Waals surface area contributed by atoms with Crippen LogP contribution in [0.5, 0.6) is 0 Å². The maximum Gasteiger partial charge on any atom is 0.417 e. The van der Waals surface area contributed by atoms with Crippen LogP contribution in [0.15, 0.2) is 60.7 Å². The molecule has 1 amide bonds. The fourth-order valence-corrected chi connectivity index (χ4v) is 3.47. The Labute approximate surface area is 166 Å². The van der Waals surface area contributed by atoms with E-state index in [9.17, 15) is 18.0 Å². The minimum Gasteiger partial charge on any atom is -0.342 e. The molecule has 28 heavy (non-hydrogen) atoms. The average Bonchev–Trinajstić information content (AvgIpc) is 2.63. The lowest BCUT2D eigenvalue weighted by Crippen LogP contribution is -2.47. The van der Waals surface area contributed by atoms with Crippen LogP contribution in [0.25, 0.3) is 5.57 Å². The molecule has 1 unspecified atom stereocenters. The molecule has 1 aliphatic carbocycles. The zero-order valence-electron chi connectivity index (χ0n) is 15.4. The van der Waals surface area contributed by atoms with Crippen molar-refractivity contribution >= 4 is 23.1 Å². The number of hydrogen-bond acceptors (Lipinski definition) is 1. The predicted molar refractivity (Wildman–Crippen MR) is 105 cm³/mol. The molecule has 6 heteroatoms. The van der Waals surface area contributed by atoms with Crippen molar-refractivity contribution in [3.8, 4) is 0 Å². The van der Waals surface area contributed by atoms with Gasteiger partial charge in [0.15, 0.2) is 0 Å². The Morgan fingerprint density at radius 3 is 2.57 bits per heavy atom. The highest BCUT2D eigenvalue weighted by atomic mass is 35.5. The summed E-state index contributed by atoms with van der Waals surface area (Å²) < 4.78 is 39.9. The van der Waals surface area contributed by atoms with Crippen LogP contribution in [0.1, 0.15) is 40.4 Å². The Hall–Kier alpha value is -2.53. The molecule has 0 heterocycles. The number of rotatable bonds is 3. The van der Waals surface area contributed by atoms with E-state index in [0.717, 1.165) is 22.8 Å². The lowest BCUT2D eigenvalue weighted by Gasteiger charge is -2.35. The van der Waals surface area contributed by atoms with E-state index < -0.39 is 28.7 Å². The van der Waals surface area contributed by atoms with Gasteiger partial charge in [0, 0.05) is 5.02 Å². The van der Waals surface area contributed by atoms with Crippen LogP contribution in [0.3, 0.4) is 0 Å². The third kappa shape index (κ3) is 3.99. The van der Waals surface area contributed by atoms with Crippen molar-refractivity contribution in [1.82, 2.24) is 5.32 Å². The molecule has 1 aliphatic rings. The van der Waals surface area contributed by atoms with Gasteiger partial charge >= 0.3 is 6.18 Å². The van der Waals surface area contributed by atoms with Crippen LogP contribution in [0, 0.1) is 6.92 Å². The van der Waals surface area contributed by atoms with E-state index in [0.29, 0.717) is 11.4 Å². The molecule has 0 aromatic heterocycles. The molecule has 0 saturated carbocycles. The summed E-state index contributed by atoms with van der Waals surface area (Å²) in [5.41, 5.74) is 0.356. The van der Waals surface area contributed by atoms with E-state index in [2.05, 4.69) is 5.32 Å². The lowest BCUT2D eigenvalue weighted by atomic mass is 9.80. The lowest BCUT2D eigenvalue weighted by molar-refractivity contribution is -0.137. The Morgan fingerprint density at radius 1 is 1.18 bits per heavy atom. The Morgan fingerprint density at radius 2 is 1.89 bits per heavy atom. The first-order chi connectivity index (χ1) is 13.1. The normalized spacial score (nSPS) is 19.3. The molecule has 0 aliphatic heterocycles. The Kier molecular flexibility index (Phi) is 5.39. The third-order valence-electron chi connectivity index (χ3n) is 4.85. The Balaban J connectivity index is 1.96. The number of carbonyl (C=O) groups is 1. The van der Waals surface area contributed by atoms with Crippen LogP contribution in [0.4, 0.5) is 13.2 Å². The highest BCUT2D eigenvalue weighted by Gasteiger charge is 2.37. The van der Waals surface area contributed by atoms with Crippen LogP contribution in [0.2, 0.25) is 5.02 Å². The molecule has 3 rings (SSSR count). The molecule has 0 spiro atoms. The van der Waals surface area contributed by atoms with Crippen molar-refractivity contribution in [1.29, 1.82) is 0 Å². The molecule has 2 aromatic rings. The summed E-state index contributed by atoms with van der Waals surface area (Å²) in [4.78, 5) is 12.8. The molecule has 0 fully saturated rings. The van der Waals surface area contributed by atoms with Gasteiger partial charge in [-0.15, -0.1) is 0 Å². The van der Waals surface area contributed by atoms with E-state index in [1.165, 1.54) is 18.2 Å². The summed E-state index contributed by atoms with van der Waals surface area (Å²) >= 11 is 6.11. The molecule has 146 valence electrons. The number of alkyl halides is 3. The average molecular weight is 406 g/mol. The second-order valence-electron chi connectivity index (χ2n) is 7.01. The monoisotopic (exact) mass is 405 g/mol. The minimum atomic E-state index is -4.60. The van der Waals surface area contributed by atoms with Crippen LogP contribution >= 0.6 is 11.6 Å². The summed E-state index contributed by atoms with van der Waals surface area (Å²) in [5, 5.41) is 3.44. The van der Waals surface area contributed by atoms with Gasteiger partial charge in [0.2, 0.25) is 0 Å².